The van der Waals surface area contributed by atoms with Gasteiger partial charge in [0.05, 0.1) is 17.7 Å². The highest BCUT2D eigenvalue weighted by Crippen LogP contribution is 2.28. The Labute approximate surface area is 276 Å². The third kappa shape index (κ3) is 8.27. The Morgan fingerprint density at radius 3 is 2.17 bits per heavy atom. The highest BCUT2D eigenvalue weighted by Gasteiger charge is 2.35. The number of carbonyl (C=O) groups is 2. The smallest absolute Gasteiger partial charge is 0.264 e. The molecule has 0 aliphatic heterocycles. The van der Waals surface area contributed by atoms with Crippen molar-refractivity contribution in [2.45, 2.75) is 55.6 Å². The summed E-state index contributed by atoms with van der Waals surface area (Å²) in [5.74, 6) is -0.356. The zero-order valence-electron chi connectivity index (χ0n) is 25.7. The van der Waals surface area contributed by atoms with E-state index in [2.05, 4.69) is 5.32 Å². The van der Waals surface area contributed by atoms with Crippen LogP contribution in [0, 0.1) is 0 Å². The predicted molar refractivity (Wildman–Crippen MR) is 180 cm³/mol. The minimum Gasteiger partial charge on any atom is -0.497 e. The maximum absolute atomic E-state index is 14.6. The lowest BCUT2D eigenvalue weighted by Gasteiger charge is -2.34. The normalized spacial score (nSPS) is 14.0. The highest BCUT2D eigenvalue weighted by atomic mass is 35.5. The quantitative estimate of drug-likeness (QED) is 0.183. The first-order valence-corrected chi connectivity index (χ1v) is 17.2. The number of hydrogen-bond donors (Lipinski definition) is 1. The number of sulfonamides is 1. The minimum atomic E-state index is -4.20. The van der Waals surface area contributed by atoms with Gasteiger partial charge in [0.2, 0.25) is 11.8 Å². The van der Waals surface area contributed by atoms with Crippen molar-refractivity contribution in [2.24, 2.45) is 0 Å². The van der Waals surface area contributed by atoms with Gasteiger partial charge in [0.25, 0.3) is 10.0 Å². The molecule has 0 bridgehead atoms. The van der Waals surface area contributed by atoms with Gasteiger partial charge in [-0.15, -0.1) is 0 Å². The van der Waals surface area contributed by atoms with Crippen molar-refractivity contribution in [2.75, 3.05) is 18.0 Å². The lowest BCUT2D eigenvalue weighted by Crippen LogP contribution is -2.54. The van der Waals surface area contributed by atoms with Gasteiger partial charge < -0.3 is 15.0 Å². The topological polar surface area (TPSA) is 96.0 Å². The maximum atomic E-state index is 14.6. The Hall–Kier alpha value is -4.34. The second-order valence-corrected chi connectivity index (χ2v) is 13.7. The van der Waals surface area contributed by atoms with Gasteiger partial charge in [0.1, 0.15) is 18.3 Å². The number of methoxy groups -OCH3 is 1. The Bertz CT molecular complexity index is 1710. The molecule has 46 heavy (non-hydrogen) atoms. The van der Waals surface area contributed by atoms with E-state index in [1.165, 1.54) is 24.1 Å². The minimum absolute atomic E-state index is 0.0324. The van der Waals surface area contributed by atoms with Crippen molar-refractivity contribution in [1.29, 1.82) is 0 Å². The molecular weight excluding hydrogens is 622 g/mol. The second kappa shape index (κ2) is 15.3. The molecule has 2 amide bonds. The van der Waals surface area contributed by atoms with Crippen molar-refractivity contribution in [3.8, 4) is 5.75 Å². The molecule has 1 atom stereocenters. The molecule has 1 unspecified atom stereocenters. The zero-order valence-corrected chi connectivity index (χ0v) is 27.3. The van der Waals surface area contributed by atoms with Gasteiger partial charge >= 0.3 is 0 Å². The summed E-state index contributed by atoms with van der Waals surface area (Å²) < 4.78 is 34.7. The van der Waals surface area contributed by atoms with Gasteiger partial charge in [0, 0.05) is 30.1 Å². The van der Waals surface area contributed by atoms with E-state index in [0.717, 1.165) is 41.1 Å². The van der Waals surface area contributed by atoms with Crippen LogP contribution < -0.4 is 14.4 Å². The molecule has 5 rings (SSSR count). The zero-order chi connectivity index (χ0) is 32.5. The number of benzene rings is 4. The first-order chi connectivity index (χ1) is 22.2. The molecule has 0 aromatic heterocycles. The lowest BCUT2D eigenvalue weighted by atomic mass is 10.0. The maximum Gasteiger partial charge on any atom is 0.264 e. The number of anilines is 1. The Morgan fingerprint density at radius 1 is 0.870 bits per heavy atom. The van der Waals surface area contributed by atoms with Crippen LogP contribution in [0.15, 0.2) is 114 Å². The van der Waals surface area contributed by atoms with E-state index < -0.39 is 28.5 Å². The Morgan fingerprint density at radius 2 is 1.52 bits per heavy atom. The largest absolute Gasteiger partial charge is 0.497 e. The molecule has 1 aliphatic rings. The summed E-state index contributed by atoms with van der Waals surface area (Å²) in [6, 6.07) is 30.3. The summed E-state index contributed by atoms with van der Waals surface area (Å²) in [7, 11) is -2.71. The first-order valence-electron chi connectivity index (χ1n) is 15.3. The third-order valence-electron chi connectivity index (χ3n) is 8.19. The summed E-state index contributed by atoms with van der Waals surface area (Å²) in [5.41, 5.74) is 1.89. The second-order valence-electron chi connectivity index (χ2n) is 11.4. The van der Waals surface area contributed by atoms with E-state index in [-0.39, 0.29) is 35.5 Å². The van der Waals surface area contributed by atoms with Crippen molar-refractivity contribution in [3.63, 3.8) is 0 Å². The molecule has 4 aromatic rings. The van der Waals surface area contributed by atoms with Crippen molar-refractivity contribution >= 4 is 39.1 Å². The van der Waals surface area contributed by atoms with Crippen LogP contribution in [0.4, 0.5) is 5.69 Å². The third-order valence-corrected chi connectivity index (χ3v) is 10.2. The van der Waals surface area contributed by atoms with Gasteiger partial charge in [-0.2, -0.15) is 0 Å². The number of rotatable bonds is 13. The van der Waals surface area contributed by atoms with Crippen LogP contribution in [0.1, 0.15) is 36.8 Å². The number of hydrogen-bond acceptors (Lipinski definition) is 5. The number of nitrogens with one attached hydrogen (secondary N) is 1. The number of ether oxygens (including phenoxy) is 1. The number of halogens is 1. The Kier molecular flexibility index (Phi) is 11.0. The fraction of sp³-hybridized carbons (Fsp3) is 0.278. The van der Waals surface area contributed by atoms with E-state index in [0.29, 0.717) is 10.8 Å². The molecule has 8 nitrogen and oxygen atoms in total. The van der Waals surface area contributed by atoms with Crippen LogP contribution in [0.5, 0.6) is 5.75 Å². The molecule has 1 N–H and O–H groups in total. The van der Waals surface area contributed by atoms with Crippen LogP contribution in [-0.2, 0) is 32.6 Å². The van der Waals surface area contributed by atoms with E-state index in [9.17, 15) is 18.0 Å². The molecule has 4 aromatic carbocycles. The fourth-order valence-corrected chi connectivity index (χ4v) is 7.28. The van der Waals surface area contributed by atoms with Gasteiger partial charge in [0.15, 0.2) is 0 Å². The molecule has 1 saturated carbocycles. The summed E-state index contributed by atoms with van der Waals surface area (Å²) in [4.78, 5) is 30.2. The predicted octanol–water partition coefficient (Wildman–Crippen LogP) is 6.24. The van der Waals surface area contributed by atoms with Crippen molar-refractivity contribution in [3.05, 3.63) is 125 Å². The van der Waals surface area contributed by atoms with E-state index in [4.69, 9.17) is 16.3 Å². The van der Waals surface area contributed by atoms with Gasteiger partial charge in [-0.3, -0.25) is 13.9 Å². The van der Waals surface area contributed by atoms with Gasteiger partial charge in [-0.25, -0.2) is 8.42 Å². The van der Waals surface area contributed by atoms with Crippen LogP contribution in [0.3, 0.4) is 0 Å². The summed E-state index contributed by atoms with van der Waals surface area (Å²) in [5, 5.41) is 3.72. The number of amides is 2. The van der Waals surface area contributed by atoms with Crippen LogP contribution in [0.25, 0.3) is 0 Å². The van der Waals surface area contributed by atoms with Crippen LogP contribution in [0.2, 0.25) is 5.02 Å². The average molecular weight is 660 g/mol. The molecule has 240 valence electrons. The summed E-state index contributed by atoms with van der Waals surface area (Å²) in [6.45, 7) is -0.469. The van der Waals surface area contributed by atoms with E-state index in [1.807, 2.05) is 30.3 Å². The lowest BCUT2D eigenvalue weighted by molar-refractivity contribution is -0.140. The van der Waals surface area contributed by atoms with Gasteiger partial charge in [-0.1, -0.05) is 91.2 Å². The van der Waals surface area contributed by atoms with E-state index in [1.54, 1.807) is 66.7 Å². The van der Waals surface area contributed by atoms with Crippen LogP contribution >= 0.6 is 11.6 Å². The fourth-order valence-electron chi connectivity index (χ4n) is 5.72. The molecule has 10 heteroatoms. The SMILES string of the molecule is COc1cccc(N(CC(=O)N(Cc2ccc(Cl)cc2)C(Cc2ccccc2)C(=O)NC2CCCC2)S(=O)(=O)c2ccccc2)c1. The van der Waals surface area contributed by atoms with Crippen molar-refractivity contribution in [1.82, 2.24) is 10.2 Å². The first kappa shape index (κ1) is 33.0. The highest BCUT2D eigenvalue weighted by molar-refractivity contribution is 7.92. The van der Waals surface area contributed by atoms with Crippen molar-refractivity contribution < 1.29 is 22.7 Å². The van der Waals surface area contributed by atoms with Crippen LogP contribution in [-0.4, -0.2) is 50.9 Å². The average Bonchev–Trinajstić information content (AvgIpc) is 3.59. The molecule has 1 aliphatic carbocycles. The summed E-state index contributed by atoms with van der Waals surface area (Å²) >= 11 is 6.17. The summed E-state index contributed by atoms with van der Waals surface area (Å²) in [6.07, 6.45) is 4.09. The molecule has 0 radical (unpaired) electrons. The Balaban J connectivity index is 1.56. The standard InChI is InChI=1S/C36H38ClN3O5S/c1-45-32-16-10-15-31(24-32)40(46(43,44)33-17-6-3-7-18-33)26-35(41)39(25-28-19-21-29(37)22-20-28)34(23-27-11-4-2-5-12-27)36(42)38-30-13-8-9-14-30/h2-7,10-12,15-22,24,30,34H,8-9,13-14,23,25-26H2,1H3,(H,38,42). The number of nitrogens with zero attached hydrogens (tertiary/aromatic N) is 2. The molecule has 0 saturated heterocycles. The molecule has 0 spiro atoms. The molecular formula is C36H38ClN3O5S. The molecule has 1 fully saturated rings. The number of carbonyl (C=O) groups excluding carboxylic acids is 2. The van der Waals surface area contributed by atoms with Gasteiger partial charge in [-0.05, 0) is 60.4 Å². The monoisotopic (exact) mass is 659 g/mol. The van der Waals surface area contributed by atoms with E-state index >= 15 is 0 Å². The molecule has 0 heterocycles.